The van der Waals surface area contributed by atoms with Crippen LogP contribution in [-0.4, -0.2) is 42.4 Å². The maximum Gasteiger partial charge on any atom is 0.329 e. The molecule has 1 aliphatic carbocycles. The van der Waals surface area contributed by atoms with E-state index in [0.29, 0.717) is 26.0 Å². The number of carboxylic acids is 1. The minimum Gasteiger partial charge on any atom is -0.480 e. The van der Waals surface area contributed by atoms with Gasteiger partial charge >= 0.3 is 12.0 Å². The molecule has 0 aromatic heterocycles. The normalized spacial score (nSPS) is 17.4. The zero-order valence-corrected chi connectivity index (χ0v) is 12.2. The van der Waals surface area contributed by atoms with Gasteiger partial charge in [-0.05, 0) is 25.7 Å². The molecule has 1 aliphatic rings. The summed E-state index contributed by atoms with van der Waals surface area (Å²) >= 11 is 0. The first-order valence-corrected chi connectivity index (χ1v) is 7.48. The van der Waals surface area contributed by atoms with E-state index < -0.39 is 17.5 Å². The maximum absolute atomic E-state index is 11.8. The van der Waals surface area contributed by atoms with Gasteiger partial charge in [0, 0.05) is 19.8 Å². The Morgan fingerprint density at radius 1 is 1.20 bits per heavy atom. The Morgan fingerprint density at radius 3 is 2.50 bits per heavy atom. The van der Waals surface area contributed by atoms with Gasteiger partial charge in [-0.1, -0.05) is 26.2 Å². The molecule has 2 amide bonds. The minimum absolute atomic E-state index is 0.398. The van der Waals surface area contributed by atoms with Crippen molar-refractivity contribution in [2.45, 2.75) is 57.4 Å². The van der Waals surface area contributed by atoms with E-state index >= 15 is 0 Å². The lowest BCUT2D eigenvalue weighted by Gasteiger charge is -2.33. The van der Waals surface area contributed by atoms with E-state index in [4.69, 9.17) is 4.74 Å². The van der Waals surface area contributed by atoms with Crippen LogP contribution in [0, 0.1) is 0 Å². The van der Waals surface area contributed by atoms with Crippen molar-refractivity contribution in [3.05, 3.63) is 0 Å². The van der Waals surface area contributed by atoms with E-state index in [1.807, 2.05) is 6.92 Å². The first-order valence-electron chi connectivity index (χ1n) is 7.48. The topological polar surface area (TPSA) is 87.7 Å². The maximum atomic E-state index is 11.8. The first kappa shape index (κ1) is 16.8. The van der Waals surface area contributed by atoms with Crippen molar-refractivity contribution in [2.75, 3.05) is 19.8 Å². The van der Waals surface area contributed by atoms with Gasteiger partial charge in [0.1, 0.15) is 5.54 Å². The molecule has 0 aliphatic heterocycles. The van der Waals surface area contributed by atoms with Crippen molar-refractivity contribution < 1.29 is 19.4 Å². The van der Waals surface area contributed by atoms with Crippen LogP contribution in [0.4, 0.5) is 4.79 Å². The van der Waals surface area contributed by atoms with Gasteiger partial charge in [0.15, 0.2) is 0 Å². The zero-order chi connectivity index (χ0) is 14.8. The summed E-state index contributed by atoms with van der Waals surface area (Å²) in [5.74, 6) is -0.932. The van der Waals surface area contributed by atoms with Gasteiger partial charge in [0.05, 0.1) is 0 Å². The van der Waals surface area contributed by atoms with Gasteiger partial charge in [-0.2, -0.15) is 0 Å². The molecule has 0 atom stereocenters. The molecular weight excluding hydrogens is 260 g/mol. The number of aliphatic carboxylic acids is 1. The number of carboxylic acid groups (broad SMARTS) is 1. The second-order valence-corrected chi connectivity index (χ2v) is 5.29. The fourth-order valence-electron chi connectivity index (χ4n) is 2.43. The molecule has 0 heterocycles. The quantitative estimate of drug-likeness (QED) is 0.595. The monoisotopic (exact) mass is 286 g/mol. The largest absolute Gasteiger partial charge is 0.480 e. The fourth-order valence-corrected chi connectivity index (χ4v) is 2.43. The summed E-state index contributed by atoms with van der Waals surface area (Å²) in [6, 6.07) is -0.398. The third-order valence-corrected chi connectivity index (χ3v) is 3.57. The van der Waals surface area contributed by atoms with Crippen LogP contribution < -0.4 is 10.6 Å². The molecule has 6 nitrogen and oxygen atoms in total. The molecule has 0 bridgehead atoms. The third-order valence-electron chi connectivity index (χ3n) is 3.57. The highest BCUT2D eigenvalue weighted by atomic mass is 16.5. The predicted molar refractivity (Wildman–Crippen MR) is 75.7 cm³/mol. The summed E-state index contributed by atoms with van der Waals surface area (Å²) in [7, 11) is 0. The number of hydrogen-bond donors (Lipinski definition) is 3. The molecule has 0 saturated heterocycles. The van der Waals surface area contributed by atoms with Crippen LogP contribution in [0.15, 0.2) is 0 Å². The van der Waals surface area contributed by atoms with Crippen molar-refractivity contribution in [3.63, 3.8) is 0 Å². The zero-order valence-electron chi connectivity index (χ0n) is 12.2. The average Bonchev–Trinajstić information content (AvgIpc) is 2.43. The van der Waals surface area contributed by atoms with Crippen LogP contribution in [0.25, 0.3) is 0 Å². The van der Waals surface area contributed by atoms with Crippen molar-refractivity contribution in [3.8, 4) is 0 Å². The van der Waals surface area contributed by atoms with Gasteiger partial charge in [-0.25, -0.2) is 9.59 Å². The molecule has 0 aromatic carbocycles. The summed E-state index contributed by atoms with van der Waals surface area (Å²) in [6.07, 6.45) is 5.45. The Morgan fingerprint density at radius 2 is 1.90 bits per heavy atom. The van der Waals surface area contributed by atoms with Crippen molar-refractivity contribution in [2.24, 2.45) is 0 Å². The second kappa shape index (κ2) is 8.79. The number of carbonyl (C=O) groups is 2. The molecular formula is C14H26N2O4. The van der Waals surface area contributed by atoms with Gasteiger partial charge in [0.2, 0.25) is 0 Å². The third kappa shape index (κ3) is 5.36. The number of nitrogens with one attached hydrogen (secondary N) is 2. The van der Waals surface area contributed by atoms with Crippen LogP contribution >= 0.6 is 0 Å². The van der Waals surface area contributed by atoms with E-state index in [9.17, 15) is 14.7 Å². The number of urea groups is 1. The molecule has 1 saturated carbocycles. The Labute approximate surface area is 120 Å². The highest BCUT2D eigenvalue weighted by molar-refractivity contribution is 5.86. The summed E-state index contributed by atoms with van der Waals surface area (Å²) in [5.41, 5.74) is -1.08. The summed E-state index contributed by atoms with van der Waals surface area (Å²) < 4.78 is 5.31. The molecule has 3 N–H and O–H groups in total. The van der Waals surface area contributed by atoms with Crippen LogP contribution in [0.5, 0.6) is 0 Å². The van der Waals surface area contributed by atoms with Gasteiger partial charge in [0.25, 0.3) is 0 Å². The number of amides is 2. The van der Waals surface area contributed by atoms with Crippen LogP contribution in [0.1, 0.15) is 51.9 Å². The number of carbonyl (C=O) groups excluding carboxylic acids is 1. The fraction of sp³-hybridized carbons (Fsp3) is 0.857. The summed E-state index contributed by atoms with van der Waals surface area (Å²) in [4.78, 5) is 23.2. The van der Waals surface area contributed by atoms with Crippen LogP contribution in [0.2, 0.25) is 0 Å². The SMILES string of the molecule is CCCOCCCNC(=O)NC1(C(=O)O)CCCCC1. The number of ether oxygens (including phenoxy) is 1. The molecule has 0 spiro atoms. The van der Waals surface area contributed by atoms with Gasteiger partial charge in [-0.15, -0.1) is 0 Å². The predicted octanol–water partition coefficient (Wildman–Crippen LogP) is 1.89. The average molecular weight is 286 g/mol. The second-order valence-electron chi connectivity index (χ2n) is 5.29. The minimum atomic E-state index is -1.08. The lowest BCUT2D eigenvalue weighted by molar-refractivity contribution is -0.145. The highest BCUT2D eigenvalue weighted by Gasteiger charge is 2.40. The van der Waals surface area contributed by atoms with E-state index in [2.05, 4.69) is 10.6 Å². The Kier molecular flexibility index (Phi) is 7.36. The van der Waals surface area contributed by atoms with Crippen LogP contribution in [-0.2, 0) is 9.53 Å². The van der Waals surface area contributed by atoms with Crippen molar-refractivity contribution in [1.82, 2.24) is 10.6 Å². The summed E-state index contributed by atoms with van der Waals surface area (Å²) in [5, 5.41) is 14.7. The van der Waals surface area contributed by atoms with E-state index in [1.54, 1.807) is 0 Å². The van der Waals surface area contributed by atoms with Crippen molar-refractivity contribution >= 4 is 12.0 Å². The molecule has 20 heavy (non-hydrogen) atoms. The molecule has 0 radical (unpaired) electrons. The molecule has 6 heteroatoms. The van der Waals surface area contributed by atoms with E-state index in [0.717, 1.165) is 38.7 Å². The molecule has 1 fully saturated rings. The van der Waals surface area contributed by atoms with Crippen LogP contribution in [0.3, 0.4) is 0 Å². The summed E-state index contributed by atoms with van der Waals surface area (Å²) in [6.45, 7) is 3.87. The highest BCUT2D eigenvalue weighted by Crippen LogP contribution is 2.28. The lowest BCUT2D eigenvalue weighted by Crippen LogP contribution is -2.58. The smallest absolute Gasteiger partial charge is 0.329 e. The van der Waals surface area contributed by atoms with E-state index in [1.165, 1.54) is 0 Å². The number of rotatable bonds is 8. The molecule has 1 rings (SSSR count). The molecule has 0 unspecified atom stereocenters. The molecule has 116 valence electrons. The van der Waals surface area contributed by atoms with Gasteiger partial charge in [-0.3, -0.25) is 0 Å². The Balaban J connectivity index is 2.27. The number of hydrogen-bond acceptors (Lipinski definition) is 3. The standard InChI is InChI=1S/C14H26N2O4/c1-2-10-20-11-6-9-15-13(19)16-14(12(17)18)7-4-3-5-8-14/h2-11H2,1H3,(H,17,18)(H2,15,16,19). The first-order chi connectivity index (χ1) is 9.60. The molecule has 0 aromatic rings. The Bertz CT molecular complexity index is 314. The van der Waals surface area contributed by atoms with Crippen molar-refractivity contribution in [1.29, 1.82) is 0 Å². The Hall–Kier alpha value is -1.30. The van der Waals surface area contributed by atoms with Gasteiger partial charge < -0.3 is 20.5 Å². The van der Waals surface area contributed by atoms with E-state index in [-0.39, 0.29) is 0 Å². The lowest BCUT2D eigenvalue weighted by atomic mass is 9.82.